The lowest BCUT2D eigenvalue weighted by molar-refractivity contribution is 0.541. The highest BCUT2D eigenvalue weighted by Crippen LogP contribution is 2.18. The SMILES string of the molecule is CNCc1ccc(S(=O)(=O)NCC2CCS(=O)(=O)C2)nc1. The van der Waals surface area contributed by atoms with Gasteiger partial charge in [0, 0.05) is 19.3 Å². The standard InChI is InChI=1S/C12H19N3O4S2/c1-13-6-10-2-3-12(14-7-10)21(18,19)15-8-11-4-5-20(16,17)9-11/h2-3,7,11,13,15H,4-6,8-9H2,1H3. The molecular formula is C12H19N3O4S2. The molecule has 2 rings (SSSR count). The Labute approximate surface area is 125 Å². The summed E-state index contributed by atoms with van der Waals surface area (Å²) in [4.78, 5) is 3.93. The Morgan fingerprint density at radius 2 is 2.14 bits per heavy atom. The summed E-state index contributed by atoms with van der Waals surface area (Å²) in [5, 5.41) is 2.90. The van der Waals surface area contributed by atoms with Crippen LogP contribution in [0.2, 0.25) is 0 Å². The third-order valence-corrected chi connectivity index (χ3v) is 6.52. The van der Waals surface area contributed by atoms with Gasteiger partial charge < -0.3 is 5.32 Å². The van der Waals surface area contributed by atoms with Gasteiger partial charge in [-0.1, -0.05) is 6.07 Å². The summed E-state index contributed by atoms with van der Waals surface area (Å²) in [6.07, 6.45) is 2.00. The number of pyridine rings is 1. The van der Waals surface area contributed by atoms with Gasteiger partial charge >= 0.3 is 0 Å². The minimum Gasteiger partial charge on any atom is -0.316 e. The number of nitrogens with zero attached hydrogens (tertiary/aromatic N) is 1. The molecule has 0 bridgehead atoms. The van der Waals surface area contributed by atoms with Crippen LogP contribution in [0.15, 0.2) is 23.4 Å². The van der Waals surface area contributed by atoms with Gasteiger partial charge in [0.25, 0.3) is 10.0 Å². The van der Waals surface area contributed by atoms with Gasteiger partial charge in [-0.05, 0) is 31.0 Å². The number of rotatable bonds is 6. The molecule has 1 aliphatic rings. The van der Waals surface area contributed by atoms with Gasteiger partial charge in [-0.15, -0.1) is 0 Å². The van der Waals surface area contributed by atoms with Crippen molar-refractivity contribution in [2.45, 2.75) is 18.0 Å². The van der Waals surface area contributed by atoms with Crippen LogP contribution in [0.5, 0.6) is 0 Å². The first-order valence-corrected chi connectivity index (χ1v) is 9.92. The van der Waals surface area contributed by atoms with E-state index in [4.69, 9.17) is 0 Å². The van der Waals surface area contributed by atoms with E-state index in [1.54, 1.807) is 13.1 Å². The molecule has 1 aliphatic heterocycles. The molecule has 1 atom stereocenters. The molecule has 0 amide bonds. The Kier molecular flexibility index (Phi) is 4.97. The van der Waals surface area contributed by atoms with E-state index in [0.717, 1.165) is 5.56 Å². The summed E-state index contributed by atoms with van der Waals surface area (Å²) in [5.41, 5.74) is 0.887. The van der Waals surface area contributed by atoms with Crippen molar-refractivity contribution in [2.75, 3.05) is 25.1 Å². The Bertz CT molecular complexity index is 684. The maximum Gasteiger partial charge on any atom is 0.258 e. The number of nitrogens with one attached hydrogen (secondary N) is 2. The second-order valence-corrected chi connectivity index (χ2v) is 9.10. The second kappa shape index (κ2) is 6.39. The summed E-state index contributed by atoms with van der Waals surface area (Å²) < 4.78 is 49.3. The average molecular weight is 333 g/mol. The van der Waals surface area contributed by atoms with Gasteiger partial charge in [-0.3, -0.25) is 0 Å². The smallest absolute Gasteiger partial charge is 0.258 e. The Morgan fingerprint density at radius 1 is 1.38 bits per heavy atom. The average Bonchev–Trinajstić information content (AvgIpc) is 2.77. The van der Waals surface area contributed by atoms with Gasteiger partial charge in [-0.25, -0.2) is 26.5 Å². The van der Waals surface area contributed by atoms with Crippen molar-refractivity contribution in [3.8, 4) is 0 Å². The molecule has 1 aromatic rings. The molecule has 1 saturated heterocycles. The van der Waals surface area contributed by atoms with Crippen LogP contribution in [0.3, 0.4) is 0 Å². The predicted octanol–water partition coefficient (Wildman–Crippen LogP) is -0.486. The van der Waals surface area contributed by atoms with E-state index >= 15 is 0 Å². The normalized spacial score (nSPS) is 21.5. The summed E-state index contributed by atoms with van der Waals surface area (Å²) in [7, 11) is -4.90. The highest BCUT2D eigenvalue weighted by atomic mass is 32.2. The topological polar surface area (TPSA) is 105 Å². The van der Waals surface area contributed by atoms with Crippen LogP contribution in [0.25, 0.3) is 0 Å². The van der Waals surface area contributed by atoms with Crippen LogP contribution in [0.4, 0.5) is 0 Å². The van der Waals surface area contributed by atoms with Gasteiger partial charge in [0.1, 0.15) is 0 Å². The Morgan fingerprint density at radius 3 is 2.67 bits per heavy atom. The van der Waals surface area contributed by atoms with E-state index in [1.807, 2.05) is 0 Å². The molecule has 1 fully saturated rings. The number of hydrogen-bond donors (Lipinski definition) is 2. The van der Waals surface area contributed by atoms with Gasteiger partial charge in [0.2, 0.25) is 0 Å². The Balaban J connectivity index is 1.98. The van der Waals surface area contributed by atoms with E-state index < -0.39 is 19.9 Å². The maximum absolute atomic E-state index is 12.1. The number of hydrogen-bond acceptors (Lipinski definition) is 6. The Hall–Kier alpha value is -1.03. The van der Waals surface area contributed by atoms with E-state index in [1.165, 1.54) is 12.3 Å². The highest BCUT2D eigenvalue weighted by molar-refractivity contribution is 7.91. The first-order valence-electron chi connectivity index (χ1n) is 6.62. The summed E-state index contributed by atoms with van der Waals surface area (Å²) in [6.45, 7) is 0.738. The van der Waals surface area contributed by atoms with Crippen LogP contribution in [-0.2, 0) is 26.4 Å². The van der Waals surface area contributed by atoms with Crippen LogP contribution < -0.4 is 10.0 Å². The molecule has 0 spiro atoms. The van der Waals surface area contributed by atoms with Crippen molar-refractivity contribution >= 4 is 19.9 Å². The van der Waals surface area contributed by atoms with E-state index in [-0.39, 0.29) is 29.0 Å². The lowest BCUT2D eigenvalue weighted by Crippen LogP contribution is -2.30. The third-order valence-electron chi connectivity index (χ3n) is 3.34. The predicted molar refractivity (Wildman–Crippen MR) is 79.0 cm³/mol. The van der Waals surface area contributed by atoms with Gasteiger partial charge in [-0.2, -0.15) is 0 Å². The van der Waals surface area contributed by atoms with Crippen molar-refractivity contribution in [1.29, 1.82) is 0 Å². The fraction of sp³-hybridized carbons (Fsp3) is 0.583. The monoisotopic (exact) mass is 333 g/mol. The zero-order valence-electron chi connectivity index (χ0n) is 11.7. The van der Waals surface area contributed by atoms with Gasteiger partial charge in [0.15, 0.2) is 14.9 Å². The molecular weight excluding hydrogens is 314 g/mol. The second-order valence-electron chi connectivity index (χ2n) is 5.16. The molecule has 0 saturated carbocycles. The molecule has 0 aromatic carbocycles. The molecule has 9 heteroatoms. The lowest BCUT2D eigenvalue weighted by atomic mass is 10.1. The largest absolute Gasteiger partial charge is 0.316 e. The van der Waals surface area contributed by atoms with Crippen LogP contribution >= 0.6 is 0 Å². The molecule has 0 radical (unpaired) electrons. The molecule has 2 heterocycles. The van der Waals surface area contributed by atoms with Crippen LogP contribution in [0, 0.1) is 5.92 Å². The zero-order valence-corrected chi connectivity index (χ0v) is 13.4. The number of aromatic nitrogens is 1. The first-order chi connectivity index (χ1) is 9.82. The molecule has 118 valence electrons. The minimum absolute atomic E-state index is 0.0457. The van der Waals surface area contributed by atoms with Crippen molar-refractivity contribution < 1.29 is 16.8 Å². The molecule has 1 aromatic heterocycles. The number of sulfone groups is 1. The van der Waals surface area contributed by atoms with Crippen LogP contribution in [-0.4, -0.2) is 46.9 Å². The zero-order chi connectivity index (χ0) is 15.5. The number of sulfonamides is 1. The van der Waals surface area contributed by atoms with E-state index in [0.29, 0.717) is 13.0 Å². The maximum atomic E-state index is 12.1. The van der Waals surface area contributed by atoms with E-state index in [9.17, 15) is 16.8 Å². The molecule has 21 heavy (non-hydrogen) atoms. The summed E-state index contributed by atoms with van der Waals surface area (Å²) in [6, 6.07) is 3.14. The van der Waals surface area contributed by atoms with Crippen molar-refractivity contribution in [3.05, 3.63) is 23.9 Å². The van der Waals surface area contributed by atoms with Crippen molar-refractivity contribution in [2.24, 2.45) is 5.92 Å². The molecule has 2 N–H and O–H groups in total. The lowest BCUT2D eigenvalue weighted by Gasteiger charge is -2.10. The van der Waals surface area contributed by atoms with E-state index in [2.05, 4.69) is 15.0 Å². The first kappa shape index (κ1) is 16.3. The summed E-state index contributed by atoms with van der Waals surface area (Å²) >= 11 is 0. The van der Waals surface area contributed by atoms with Crippen molar-refractivity contribution in [3.63, 3.8) is 0 Å². The molecule has 0 aliphatic carbocycles. The fourth-order valence-corrected chi connectivity index (χ4v) is 5.12. The highest BCUT2D eigenvalue weighted by Gasteiger charge is 2.29. The summed E-state index contributed by atoms with van der Waals surface area (Å²) in [5.74, 6) is 0.0220. The van der Waals surface area contributed by atoms with Crippen LogP contribution in [0.1, 0.15) is 12.0 Å². The molecule has 7 nitrogen and oxygen atoms in total. The molecule has 1 unspecified atom stereocenters. The fourth-order valence-electron chi connectivity index (χ4n) is 2.21. The van der Waals surface area contributed by atoms with Gasteiger partial charge in [0.05, 0.1) is 11.5 Å². The van der Waals surface area contributed by atoms with Crippen molar-refractivity contribution in [1.82, 2.24) is 15.0 Å². The quantitative estimate of drug-likeness (QED) is 0.728. The third kappa shape index (κ3) is 4.47. The minimum atomic E-state index is -3.69.